The zero-order valence-electron chi connectivity index (χ0n) is 29.2. The molecule has 278 valence electrons. The maximum Gasteiger partial charge on any atom is 0.349 e. The number of amides is 1. The van der Waals surface area contributed by atoms with Crippen LogP contribution in [0.25, 0.3) is 11.3 Å². The van der Waals surface area contributed by atoms with Crippen molar-refractivity contribution in [3.8, 4) is 22.8 Å². The van der Waals surface area contributed by atoms with Crippen molar-refractivity contribution < 1.29 is 52.2 Å². The second-order valence-corrected chi connectivity index (χ2v) is 13.1. The van der Waals surface area contributed by atoms with E-state index in [1.165, 1.54) is 33.2 Å². The molecule has 4 aromatic rings. The highest BCUT2D eigenvalue weighted by Crippen LogP contribution is 2.38. The summed E-state index contributed by atoms with van der Waals surface area (Å²) in [5.74, 6) is -6.46. The predicted molar refractivity (Wildman–Crippen MR) is 189 cm³/mol. The molecule has 1 aliphatic rings. The smallest absolute Gasteiger partial charge is 0.349 e. The number of esters is 4. The molecule has 0 aliphatic carbocycles. The van der Waals surface area contributed by atoms with Crippen LogP contribution in [0.2, 0.25) is 10.0 Å². The Hall–Kier alpha value is -5.47. The Kier molecular flexibility index (Phi) is 12.4. The first-order valence-electron chi connectivity index (χ1n) is 16.4. The van der Waals surface area contributed by atoms with Crippen LogP contribution in [0.4, 0.5) is 0 Å². The molecule has 3 heterocycles. The van der Waals surface area contributed by atoms with Gasteiger partial charge in [-0.3, -0.25) is 14.4 Å². The number of hydrogen-bond donors (Lipinski definition) is 1. The number of aromatic nitrogens is 2. The maximum atomic E-state index is 13.8. The van der Waals surface area contributed by atoms with Crippen molar-refractivity contribution in [3.05, 3.63) is 93.4 Å². The lowest BCUT2D eigenvalue weighted by atomic mass is 9.91. The van der Waals surface area contributed by atoms with E-state index in [4.69, 9.17) is 51.4 Å². The number of carbonyl (C=O) groups is 5. The van der Waals surface area contributed by atoms with E-state index < -0.39 is 77.9 Å². The zero-order chi connectivity index (χ0) is 38.4. The molecule has 1 amide bonds. The fourth-order valence-corrected chi connectivity index (χ4v) is 6.06. The van der Waals surface area contributed by atoms with Gasteiger partial charge < -0.3 is 33.5 Å². The number of carbonyl (C=O) groups excluding carboxylic acids is 5. The Morgan fingerprint density at radius 2 is 1.70 bits per heavy atom. The lowest BCUT2D eigenvalue weighted by molar-refractivity contribution is -0.176. The molecule has 0 spiro atoms. The largest absolute Gasteiger partial charge is 0.493 e. The molecule has 53 heavy (non-hydrogen) atoms. The average Bonchev–Trinajstić information content (AvgIpc) is 3.52. The third-order valence-electron chi connectivity index (χ3n) is 8.23. The number of nitrogens with one attached hydrogen (secondary N) is 1. The molecule has 1 aliphatic heterocycles. The monoisotopic (exact) mass is 767 g/mol. The number of hydrogen-bond acceptors (Lipinski definition) is 13. The fourth-order valence-electron chi connectivity index (χ4n) is 5.48. The third-order valence-corrected chi connectivity index (χ3v) is 8.86. The summed E-state index contributed by atoms with van der Waals surface area (Å²) >= 11 is 12.7. The molecular weight excluding hydrogens is 733 g/mol. The van der Waals surface area contributed by atoms with Crippen LogP contribution in [0, 0.1) is 18.8 Å². The Bertz CT molecular complexity index is 2000. The maximum absolute atomic E-state index is 13.8. The van der Waals surface area contributed by atoms with Gasteiger partial charge in [-0.1, -0.05) is 78.6 Å². The first kappa shape index (κ1) is 38.8. The molecule has 0 bridgehead atoms. The van der Waals surface area contributed by atoms with Crippen LogP contribution in [0.5, 0.6) is 11.5 Å². The van der Waals surface area contributed by atoms with Gasteiger partial charge in [0.25, 0.3) is 5.91 Å². The van der Waals surface area contributed by atoms with E-state index in [0.29, 0.717) is 0 Å². The van der Waals surface area contributed by atoms with E-state index in [1.54, 1.807) is 56.3 Å². The Labute approximate surface area is 314 Å². The van der Waals surface area contributed by atoms with Crippen molar-refractivity contribution in [1.29, 1.82) is 0 Å². The van der Waals surface area contributed by atoms with Crippen LogP contribution < -0.4 is 14.8 Å². The Morgan fingerprint density at radius 3 is 2.36 bits per heavy atom. The predicted octanol–water partition coefficient (Wildman–Crippen LogP) is 5.59. The normalized spacial score (nSPS) is 18.9. The molecule has 2 aromatic heterocycles. The number of methoxy groups -OCH3 is 1. The minimum atomic E-state index is -1.56. The van der Waals surface area contributed by atoms with Crippen LogP contribution in [-0.2, 0) is 35.0 Å². The number of rotatable bonds is 10. The highest BCUT2D eigenvalue weighted by molar-refractivity contribution is 6.39. The van der Waals surface area contributed by atoms with Gasteiger partial charge in [0, 0.05) is 17.8 Å². The minimum absolute atomic E-state index is 0.0100. The van der Waals surface area contributed by atoms with Crippen molar-refractivity contribution in [1.82, 2.24) is 15.5 Å². The Balaban J connectivity index is 1.42. The fraction of sp³-hybridized carbons (Fsp3) is 0.324. The first-order chi connectivity index (χ1) is 25.3. The van der Waals surface area contributed by atoms with E-state index in [9.17, 15) is 24.0 Å². The van der Waals surface area contributed by atoms with Crippen molar-refractivity contribution in [2.75, 3.05) is 13.7 Å². The molecule has 2 aromatic carbocycles. The first-order valence-corrected chi connectivity index (χ1v) is 17.1. The molecule has 1 saturated heterocycles. The van der Waals surface area contributed by atoms with Gasteiger partial charge in [-0.15, -0.1) is 0 Å². The van der Waals surface area contributed by atoms with Gasteiger partial charge in [0.15, 0.2) is 23.6 Å². The molecule has 2 unspecified atom stereocenters. The third kappa shape index (κ3) is 8.78. The van der Waals surface area contributed by atoms with Crippen molar-refractivity contribution in [3.63, 3.8) is 0 Å². The van der Waals surface area contributed by atoms with Crippen molar-refractivity contribution in [2.45, 2.75) is 52.4 Å². The summed E-state index contributed by atoms with van der Waals surface area (Å²) in [6.07, 6.45) is -1.03. The van der Waals surface area contributed by atoms with Crippen LogP contribution >= 0.6 is 23.2 Å². The molecule has 0 radical (unpaired) electrons. The number of cyclic esters (lactones) is 2. The highest BCUT2D eigenvalue weighted by atomic mass is 35.5. The zero-order valence-corrected chi connectivity index (χ0v) is 30.7. The summed E-state index contributed by atoms with van der Waals surface area (Å²) in [5, 5.41) is 6.78. The van der Waals surface area contributed by atoms with E-state index in [1.807, 2.05) is 6.07 Å². The highest BCUT2D eigenvalue weighted by Gasteiger charge is 2.42. The SMILES string of the molecule is COc1ccnc(C(=O)NC2COC(=O)[C@H](Cc3ccccc3)C(OC(=O)C(C)C)[C@H](C)OC2=O)c1OC(=O)c1c(-c2c(Cl)cccc2Cl)noc1C. The lowest BCUT2D eigenvalue weighted by Gasteiger charge is -2.29. The van der Waals surface area contributed by atoms with Crippen LogP contribution in [-0.4, -0.2) is 71.9 Å². The number of ether oxygens (including phenoxy) is 5. The summed E-state index contributed by atoms with van der Waals surface area (Å²) in [6.45, 7) is 5.55. The number of halogens is 2. The average molecular weight is 769 g/mol. The van der Waals surface area contributed by atoms with Crippen molar-refractivity contribution >= 4 is 53.0 Å². The number of aryl methyl sites for hydroxylation is 1. The Morgan fingerprint density at radius 1 is 1.00 bits per heavy atom. The minimum Gasteiger partial charge on any atom is -0.493 e. The van der Waals surface area contributed by atoms with Crippen LogP contribution in [0.15, 0.2) is 65.3 Å². The summed E-state index contributed by atoms with van der Waals surface area (Å²) < 4.78 is 33.3. The van der Waals surface area contributed by atoms with E-state index in [0.717, 1.165) is 5.56 Å². The second-order valence-electron chi connectivity index (χ2n) is 12.3. The van der Waals surface area contributed by atoms with E-state index >= 15 is 0 Å². The van der Waals surface area contributed by atoms with Crippen LogP contribution in [0.1, 0.15) is 52.9 Å². The van der Waals surface area contributed by atoms with Gasteiger partial charge in [-0.05, 0) is 38.0 Å². The summed E-state index contributed by atoms with van der Waals surface area (Å²) in [7, 11) is 1.28. The van der Waals surface area contributed by atoms with Gasteiger partial charge in [-0.25, -0.2) is 14.6 Å². The second kappa shape index (κ2) is 16.9. The van der Waals surface area contributed by atoms with E-state index in [-0.39, 0.29) is 44.8 Å². The molecule has 4 atom stereocenters. The quantitative estimate of drug-likeness (QED) is 0.156. The standard InChI is InChI=1S/C37H35Cl2N3O11/c1-18(2)34(44)51-31-20(4)50-36(46)25(17-49-35(45)22(31)16-21-10-7-6-8-11-21)41-33(43)30-32(26(48-5)14-15-40-30)52-37(47)27-19(3)53-42-29(27)28-23(38)12-9-13-24(28)39/h6-15,18,20,22,25,31H,16-17H2,1-5H3,(H,41,43)/t20-,22+,25?,31?/m0/s1. The number of pyridine rings is 1. The van der Waals surface area contributed by atoms with Gasteiger partial charge in [0.05, 0.1) is 23.1 Å². The summed E-state index contributed by atoms with van der Waals surface area (Å²) in [6, 6.07) is 13.5. The molecule has 0 saturated carbocycles. The summed E-state index contributed by atoms with van der Waals surface area (Å²) in [4.78, 5) is 71.4. The molecule has 14 nitrogen and oxygen atoms in total. The molecule has 1 fully saturated rings. The molecule has 16 heteroatoms. The topological polar surface area (TPSA) is 182 Å². The molecule has 5 rings (SSSR count). The summed E-state index contributed by atoms with van der Waals surface area (Å²) in [5.41, 5.74) is 0.338. The number of benzene rings is 2. The lowest BCUT2D eigenvalue weighted by Crippen LogP contribution is -2.47. The molecule has 1 N–H and O–H groups in total. The van der Waals surface area contributed by atoms with Gasteiger partial charge >= 0.3 is 23.9 Å². The van der Waals surface area contributed by atoms with Crippen LogP contribution in [0.3, 0.4) is 0 Å². The number of nitrogens with zero attached hydrogens (tertiary/aromatic N) is 2. The van der Waals surface area contributed by atoms with E-state index in [2.05, 4.69) is 15.5 Å². The molecular formula is C37H35Cl2N3O11. The van der Waals surface area contributed by atoms with Gasteiger partial charge in [0.2, 0.25) is 5.75 Å². The van der Waals surface area contributed by atoms with Crippen molar-refractivity contribution in [2.24, 2.45) is 11.8 Å². The van der Waals surface area contributed by atoms with Gasteiger partial charge in [-0.2, -0.15) is 0 Å². The van der Waals surface area contributed by atoms with Gasteiger partial charge in [0.1, 0.15) is 35.6 Å².